The van der Waals surface area contributed by atoms with Gasteiger partial charge in [0.15, 0.2) is 0 Å². The maximum atomic E-state index is 13.1. The highest BCUT2D eigenvalue weighted by atomic mass is 32.1. The van der Waals surface area contributed by atoms with Crippen molar-refractivity contribution in [2.24, 2.45) is 0 Å². The molecule has 6 heteroatoms. The Hall–Kier alpha value is -1.69. The highest BCUT2D eigenvalue weighted by Crippen LogP contribution is 2.20. The fourth-order valence-corrected chi connectivity index (χ4v) is 2.18. The van der Waals surface area contributed by atoms with E-state index in [2.05, 4.69) is 10.2 Å². The first-order chi connectivity index (χ1) is 8.19. The van der Waals surface area contributed by atoms with Gasteiger partial charge in [0.2, 0.25) is 5.13 Å². The van der Waals surface area contributed by atoms with Gasteiger partial charge in [0.1, 0.15) is 10.8 Å². The number of hydrogen-bond donors (Lipinski definition) is 1. The fraction of sp³-hybridized carbons (Fsp3) is 0.273. The van der Waals surface area contributed by atoms with Gasteiger partial charge in [0, 0.05) is 12.2 Å². The number of halogens is 1. The summed E-state index contributed by atoms with van der Waals surface area (Å²) < 4.78 is 13.1. The molecule has 0 aliphatic heterocycles. The van der Waals surface area contributed by atoms with Gasteiger partial charge in [-0.3, -0.25) is 0 Å². The van der Waals surface area contributed by atoms with E-state index in [0.29, 0.717) is 11.7 Å². The van der Waals surface area contributed by atoms with Gasteiger partial charge in [-0.05, 0) is 25.1 Å². The minimum absolute atomic E-state index is 0.238. The molecule has 0 atom stereocenters. The van der Waals surface area contributed by atoms with E-state index >= 15 is 0 Å². The molecular weight excluding hydrogens is 239 g/mol. The number of anilines is 2. The Morgan fingerprint density at radius 1 is 1.41 bits per heavy atom. The van der Waals surface area contributed by atoms with Crippen molar-refractivity contribution in [2.45, 2.75) is 13.5 Å². The molecule has 4 nitrogen and oxygen atoms in total. The van der Waals surface area contributed by atoms with Crippen LogP contribution in [0.25, 0.3) is 0 Å². The SMILES string of the molecule is CCN(Cc1nnc(N)s1)c1cccc(F)c1. The standard InChI is InChI=1S/C11H13FN4S/c1-2-16(7-10-14-15-11(13)17-10)9-5-3-4-8(12)6-9/h3-6H,2,7H2,1H3,(H2,13,15). The molecule has 0 fully saturated rings. The zero-order valence-electron chi connectivity index (χ0n) is 9.43. The van der Waals surface area contributed by atoms with Crippen molar-refractivity contribution in [3.8, 4) is 0 Å². The lowest BCUT2D eigenvalue weighted by Crippen LogP contribution is -2.21. The van der Waals surface area contributed by atoms with Crippen molar-refractivity contribution in [1.29, 1.82) is 0 Å². The molecule has 2 aromatic rings. The minimum Gasteiger partial charge on any atom is -0.374 e. The molecule has 1 aromatic carbocycles. The van der Waals surface area contributed by atoms with Crippen molar-refractivity contribution < 1.29 is 4.39 Å². The summed E-state index contributed by atoms with van der Waals surface area (Å²) in [5.74, 6) is -0.238. The summed E-state index contributed by atoms with van der Waals surface area (Å²) in [7, 11) is 0. The van der Waals surface area contributed by atoms with E-state index in [4.69, 9.17) is 5.73 Å². The van der Waals surface area contributed by atoms with E-state index < -0.39 is 0 Å². The third kappa shape index (κ3) is 2.91. The van der Waals surface area contributed by atoms with Gasteiger partial charge < -0.3 is 10.6 Å². The maximum absolute atomic E-state index is 13.1. The van der Waals surface area contributed by atoms with Gasteiger partial charge in [-0.2, -0.15) is 0 Å². The normalized spacial score (nSPS) is 10.5. The van der Waals surface area contributed by atoms with Gasteiger partial charge in [-0.15, -0.1) is 10.2 Å². The molecule has 0 unspecified atom stereocenters. The van der Waals surface area contributed by atoms with Crippen LogP contribution in [0.5, 0.6) is 0 Å². The third-order valence-corrected chi connectivity index (χ3v) is 3.10. The molecule has 2 N–H and O–H groups in total. The van der Waals surface area contributed by atoms with Crippen LogP contribution in [0.15, 0.2) is 24.3 Å². The first-order valence-electron chi connectivity index (χ1n) is 5.27. The predicted octanol–water partition coefficient (Wildman–Crippen LogP) is 2.29. The Morgan fingerprint density at radius 3 is 2.82 bits per heavy atom. The van der Waals surface area contributed by atoms with Crippen LogP contribution >= 0.6 is 11.3 Å². The topological polar surface area (TPSA) is 55.0 Å². The van der Waals surface area contributed by atoms with Gasteiger partial charge in [0.05, 0.1) is 6.54 Å². The lowest BCUT2D eigenvalue weighted by molar-refractivity contribution is 0.626. The number of nitrogen functional groups attached to an aromatic ring is 1. The second-order valence-electron chi connectivity index (χ2n) is 3.53. The smallest absolute Gasteiger partial charge is 0.203 e. The number of nitrogens with two attached hydrogens (primary N) is 1. The molecule has 1 aromatic heterocycles. The van der Waals surface area contributed by atoms with Gasteiger partial charge in [0.25, 0.3) is 0 Å². The highest BCUT2D eigenvalue weighted by molar-refractivity contribution is 7.15. The summed E-state index contributed by atoms with van der Waals surface area (Å²) in [4.78, 5) is 2.02. The molecule has 90 valence electrons. The molecule has 2 rings (SSSR count). The van der Waals surface area contributed by atoms with Crippen molar-refractivity contribution in [3.63, 3.8) is 0 Å². The molecular formula is C11H13FN4S. The van der Waals surface area contributed by atoms with Crippen LogP contribution < -0.4 is 10.6 Å². The van der Waals surface area contributed by atoms with Crippen LogP contribution in [-0.2, 0) is 6.54 Å². The van der Waals surface area contributed by atoms with E-state index in [-0.39, 0.29) is 5.82 Å². The molecule has 0 amide bonds. The average Bonchev–Trinajstić information content (AvgIpc) is 2.72. The van der Waals surface area contributed by atoms with Crippen LogP contribution in [0.1, 0.15) is 11.9 Å². The average molecular weight is 252 g/mol. The largest absolute Gasteiger partial charge is 0.374 e. The second kappa shape index (κ2) is 5.09. The maximum Gasteiger partial charge on any atom is 0.203 e. The van der Waals surface area contributed by atoms with E-state index in [0.717, 1.165) is 17.2 Å². The molecule has 0 spiro atoms. The van der Waals surface area contributed by atoms with Gasteiger partial charge in [-0.1, -0.05) is 17.4 Å². The molecule has 0 aliphatic carbocycles. The third-order valence-electron chi connectivity index (χ3n) is 2.36. The number of benzene rings is 1. The molecule has 17 heavy (non-hydrogen) atoms. The van der Waals surface area contributed by atoms with Crippen molar-refractivity contribution in [3.05, 3.63) is 35.1 Å². The number of aromatic nitrogens is 2. The molecule has 0 saturated carbocycles. The Kier molecular flexibility index (Phi) is 3.53. The first kappa shape index (κ1) is 11.8. The van der Waals surface area contributed by atoms with E-state index in [1.165, 1.54) is 23.5 Å². The van der Waals surface area contributed by atoms with E-state index in [1.807, 2.05) is 17.9 Å². The number of hydrogen-bond acceptors (Lipinski definition) is 5. The Morgan fingerprint density at radius 2 is 2.24 bits per heavy atom. The Bertz CT molecular complexity index is 500. The van der Waals surface area contributed by atoms with Crippen molar-refractivity contribution in [2.75, 3.05) is 17.2 Å². The summed E-state index contributed by atoms with van der Waals surface area (Å²) in [5, 5.41) is 9.00. The molecule has 1 heterocycles. The van der Waals surface area contributed by atoms with Gasteiger partial charge >= 0.3 is 0 Å². The lowest BCUT2D eigenvalue weighted by atomic mass is 10.3. The predicted molar refractivity (Wildman–Crippen MR) is 67.4 cm³/mol. The second-order valence-corrected chi connectivity index (χ2v) is 4.62. The molecule has 0 aliphatic rings. The summed E-state index contributed by atoms with van der Waals surface area (Å²) in [6.45, 7) is 3.37. The molecule has 0 radical (unpaired) electrons. The minimum atomic E-state index is -0.238. The number of rotatable bonds is 4. The van der Waals surface area contributed by atoms with Crippen molar-refractivity contribution >= 4 is 22.2 Å². The zero-order chi connectivity index (χ0) is 12.3. The van der Waals surface area contributed by atoms with Crippen LogP contribution in [-0.4, -0.2) is 16.7 Å². The summed E-state index contributed by atoms with van der Waals surface area (Å²) in [6.07, 6.45) is 0. The fourth-order valence-electron chi connectivity index (χ4n) is 1.55. The van der Waals surface area contributed by atoms with Crippen molar-refractivity contribution in [1.82, 2.24) is 10.2 Å². The van der Waals surface area contributed by atoms with Crippen LogP contribution in [0.3, 0.4) is 0 Å². The van der Waals surface area contributed by atoms with E-state index in [1.54, 1.807) is 6.07 Å². The lowest BCUT2D eigenvalue weighted by Gasteiger charge is -2.21. The van der Waals surface area contributed by atoms with Gasteiger partial charge in [-0.25, -0.2) is 4.39 Å². The monoisotopic (exact) mass is 252 g/mol. The quantitative estimate of drug-likeness (QED) is 0.907. The number of nitrogens with zero attached hydrogens (tertiary/aromatic N) is 3. The highest BCUT2D eigenvalue weighted by Gasteiger charge is 2.09. The molecule has 0 bridgehead atoms. The molecule has 0 saturated heterocycles. The van der Waals surface area contributed by atoms with Crippen LogP contribution in [0, 0.1) is 5.82 Å². The van der Waals surface area contributed by atoms with E-state index in [9.17, 15) is 4.39 Å². The summed E-state index contributed by atoms with van der Waals surface area (Å²) in [6, 6.07) is 6.51. The first-order valence-corrected chi connectivity index (χ1v) is 6.09. The Labute approximate surface area is 103 Å². The summed E-state index contributed by atoms with van der Waals surface area (Å²) >= 11 is 1.35. The van der Waals surface area contributed by atoms with Crippen LogP contribution in [0.2, 0.25) is 0 Å². The summed E-state index contributed by atoms with van der Waals surface area (Å²) in [5.41, 5.74) is 6.36. The zero-order valence-corrected chi connectivity index (χ0v) is 10.2. The Balaban J connectivity index is 2.16. The van der Waals surface area contributed by atoms with Crippen LogP contribution in [0.4, 0.5) is 15.2 Å².